The maximum absolute atomic E-state index is 12.6. The first-order chi connectivity index (χ1) is 17.1. The number of amides is 1. The van der Waals surface area contributed by atoms with E-state index in [9.17, 15) is 9.59 Å². The highest BCUT2D eigenvalue weighted by atomic mass is 35.5. The van der Waals surface area contributed by atoms with E-state index in [0.29, 0.717) is 23.1 Å². The first kappa shape index (κ1) is 27.0. The average Bonchev–Trinajstić information content (AvgIpc) is 2.81. The SMILES string of the molecule is CCOC(=O)CC(Cc1cc(-c2ccccc2)ccc1Oc1ccc(Cl)cn1)NC(=O)OC(C)(C)C. The zero-order chi connectivity index (χ0) is 26.1. The van der Waals surface area contributed by atoms with Gasteiger partial charge < -0.3 is 19.5 Å². The molecule has 0 bridgehead atoms. The molecular weight excluding hydrogens is 480 g/mol. The molecule has 1 aromatic heterocycles. The van der Waals surface area contributed by atoms with Gasteiger partial charge in [0.15, 0.2) is 0 Å². The molecular formula is C28H31ClN2O5. The molecule has 0 aliphatic carbocycles. The molecule has 0 saturated heterocycles. The number of rotatable bonds is 9. The van der Waals surface area contributed by atoms with Gasteiger partial charge in [0.05, 0.1) is 18.1 Å². The minimum atomic E-state index is -0.680. The van der Waals surface area contributed by atoms with Crippen LogP contribution in [0, 0.1) is 0 Å². The van der Waals surface area contributed by atoms with Crippen molar-refractivity contribution in [1.29, 1.82) is 0 Å². The van der Waals surface area contributed by atoms with Crippen molar-refractivity contribution < 1.29 is 23.8 Å². The van der Waals surface area contributed by atoms with Gasteiger partial charge in [0.1, 0.15) is 11.4 Å². The minimum Gasteiger partial charge on any atom is -0.466 e. The van der Waals surface area contributed by atoms with E-state index in [1.807, 2.05) is 48.5 Å². The van der Waals surface area contributed by atoms with E-state index >= 15 is 0 Å². The number of hydrogen-bond donors (Lipinski definition) is 1. The van der Waals surface area contributed by atoms with Crippen LogP contribution in [-0.4, -0.2) is 35.3 Å². The first-order valence-electron chi connectivity index (χ1n) is 11.8. The van der Waals surface area contributed by atoms with Gasteiger partial charge in [0, 0.05) is 18.3 Å². The number of benzene rings is 2. The molecule has 0 saturated carbocycles. The van der Waals surface area contributed by atoms with Crippen LogP contribution in [0.15, 0.2) is 66.9 Å². The van der Waals surface area contributed by atoms with Crippen molar-refractivity contribution in [2.24, 2.45) is 0 Å². The molecule has 1 unspecified atom stereocenters. The van der Waals surface area contributed by atoms with Crippen LogP contribution in [0.1, 0.15) is 39.7 Å². The van der Waals surface area contributed by atoms with Crippen LogP contribution in [0.5, 0.6) is 11.6 Å². The lowest BCUT2D eigenvalue weighted by atomic mass is 9.97. The Kier molecular flexibility index (Phi) is 9.31. The summed E-state index contributed by atoms with van der Waals surface area (Å²) in [4.78, 5) is 29.1. The van der Waals surface area contributed by atoms with Crippen molar-refractivity contribution in [2.75, 3.05) is 6.61 Å². The summed E-state index contributed by atoms with van der Waals surface area (Å²) in [6.07, 6.45) is 1.16. The lowest BCUT2D eigenvalue weighted by molar-refractivity contribution is -0.143. The van der Waals surface area contributed by atoms with Crippen LogP contribution >= 0.6 is 11.6 Å². The first-order valence-corrected chi connectivity index (χ1v) is 12.1. The summed E-state index contributed by atoms with van der Waals surface area (Å²) in [7, 11) is 0. The second-order valence-corrected chi connectivity index (χ2v) is 9.60. The van der Waals surface area contributed by atoms with Crippen LogP contribution in [0.25, 0.3) is 11.1 Å². The van der Waals surface area contributed by atoms with Crippen LogP contribution in [0.2, 0.25) is 5.02 Å². The smallest absolute Gasteiger partial charge is 0.407 e. The Labute approximate surface area is 216 Å². The molecule has 36 heavy (non-hydrogen) atoms. The summed E-state index contributed by atoms with van der Waals surface area (Å²) in [6.45, 7) is 7.32. The molecule has 1 amide bonds. The molecule has 0 aliphatic rings. The fourth-order valence-corrected chi connectivity index (χ4v) is 3.63. The topological polar surface area (TPSA) is 86.8 Å². The highest BCUT2D eigenvalue weighted by molar-refractivity contribution is 6.30. The van der Waals surface area contributed by atoms with Gasteiger partial charge in [-0.3, -0.25) is 4.79 Å². The van der Waals surface area contributed by atoms with Crippen molar-refractivity contribution in [3.8, 4) is 22.8 Å². The minimum absolute atomic E-state index is 0.0265. The maximum Gasteiger partial charge on any atom is 0.407 e. The van der Waals surface area contributed by atoms with Crippen LogP contribution in [0.4, 0.5) is 4.79 Å². The Morgan fingerprint density at radius 1 is 1.03 bits per heavy atom. The van der Waals surface area contributed by atoms with Crippen molar-refractivity contribution in [3.63, 3.8) is 0 Å². The molecule has 1 heterocycles. The van der Waals surface area contributed by atoms with Crippen LogP contribution < -0.4 is 10.1 Å². The molecule has 0 aliphatic heterocycles. The highest BCUT2D eigenvalue weighted by Gasteiger charge is 2.24. The number of carbonyl (C=O) groups excluding carboxylic acids is 2. The third-order valence-electron chi connectivity index (χ3n) is 4.99. The summed E-state index contributed by atoms with van der Waals surface area (Å²) < 4.78 is 16.6. The van der Waals surface area contributed by atoms with Gasteiger partial charge in [0.25, 0.3) is 0 Å². The molecule has 0 radical (unpaired) electrons. The monoisotopic (exact) mass is 510 g/mol. The number of nitrogens with one attached hydrogen (secondary N) is 1. The molecule has 2 aromatic carbocycles. The van der Waals surface area contributed by atoms with Crippen LogP contribution in [-0.2, 0) is 20.7 Å². The fraction of sp³-hybridized carbons (Fsp3) is 0.321. The van der Waals surface area contributed by atoms with Crippen molar-refractivity contribution in [2.45, 2.75) is 52.2 Å². The van der Waals surface area contributed by atoms with E-state index in [1.165, 1.54) is 6.20 Å². The largest absolute Gasteiger partial charge is 0.466 e. The number of aromatic nitrogens is 1. The number of carbonyl (C=O) groups is 2. The second kappa shape index (κ2) is 12.4. The molecule has 1 atom stereocenters. The summed E-state index contributed by atoms with van der Waals surface area (Å²) in [6, 6.07) is 18.4. The Hall–Kier alpha value is -3.58. The molecule has 8 heteroatoms. The number of ether oxygens (including phenoxy) is 3. The van der Waals surface area contributed by atoms with E-state index in [-0.39, 0.29) is 13.0 Å². The summed E-state index contributed by atoms with van der Waals surface area (Å²) >= 11 is 5.96. The van der Waals surface area contributed by atoms with Gasteiger partial charge >= 0.3 is 12.1 Å². The second-order valence-electron chi connectivity index (χ2n) is 9.16. The number of pyridine rings is 1. The highest BCUT2D eigenvalue weighted by Crippen LogP contribution is 2.31. The van der Waals surface area contributed by atoms with Gasteiger partial charge in [-0.1, -0.05) is 48.0 Å². The predicted molar refractivity (Wildman–Crippen MR) is 139 cm³/mol. The fourth-order valence-electron chi connectivity index (χ4n) is 3.52. The van der Waals surface area contributed by atoms with Gasteiger partial charge in [-0.15, -0.1) is 0 Å². The Balaban J connectivity index is 1.94. The Morgan fingerprint density at radius 2 is 1.78 bits per heavy atom. The predicted octanol–water partition coefficient (Wildman–Crippen LogP) is 6.58. The van der Waals surface area contributed by atoms with Gasteiger partial charge in [-0.05, 0) is 69.0 Å². The van der Waals surface area contributed by atoms with E-state index in [1.54, 1.807) is 39.8 Å². The normalized spacial score (nSPS) is 11.9. The van der Waals surface area contributed by atoms with Gasteiger partial charge in [0.2, 0.25) is 5.88 Å². The summed E-state index contributed by atoms with van der Waals surface area (Å²) in [5.41, 5.74) is 2.09. The molecule has 3 rings (SSSR count). The zero-order valence-electron chi connectivity index (χ0n) is 20.9. The number of nitrogens with zero attached hydrogens (tertiary/aromatic N) is 1. The summed E-state index contributed by atoms with van der Waals surface area (Å²) in [5.74, 6) is 0.499. The van der Waals surface area contributed by atoms with E-state index in [4.69, 9.17) is 25.8 Å². The standard InChI is InChI=1S/C28H31ClN2O5/c1-5-34-26(32)17-23(31-27(33)36-28(2,3)4)16-21-15-20(19-9-7-6-8-10-19)11-13-24(21)35-25-14-12-22(29)18-30-25/h6-15,18,23H,5,16-17H2,1-4H3,(H,31,33). The number of hydrogen-bond acceptors (Lipinski definition) is 6. The molecule has 190 valence electrons. The quantitative estimate of drug-likeness (QED) is 0.327. The zero-order valence-corrected chi connectivity index (χ0v) is 21.7. The number of alkyl carbamates (subject to hydrolysis) is 1. The molecule has 0 fully saturated rings. The summed E-state index contributed by atoms with van der Waals surface area (Å²) in [5, 5.41) is 3.32. The Morgan fingerprint density at radius 3 is 2.42 bits per heavy atom. The molecule has 1 N–H and O–H groups in total. The number of halogens is 1. The van der Waals surface area contributed by atoms with E-state index in [0.717, 1.165) is 16.7 Å². The Bertz CT molecular complexity index is 1160. The lowest BCUT2D eigenvalue weighted by Gasteiger charge is -2.24. The van der Waals surface area contributed by atoms with Gasteiger partial charge in [-0.2, -0.15) is 0 Å². The molecule has 7 nitrogen and oxygen atoms in total. The number of esters is 1. The van der Waals surface area contributed by atoms with E-state index < -0.39 is 23.7 Å². The maximum atomic E-state index is 12.6. The molecule has 0 spiro atoms. The van der Waals surface area contributed by atoms with Crippen molar-refractivity contribution >= 4 is 23.7 Å². The lowest BCUT2D eigenvalue weighted by Crippen LogP contribution is -2.41. The molecule has 3 aromatic rings. The third-order valence-corrected chi connectivity index (χ3v) is 5.21. The van der Waals surface area contributed by atoms with Crippen LogP contribution in [0.3, 0.4) is 0 Å². The van der Waals surface area contributed by atoms with Gasteiger partial charge in [-0.25, -0.2) is 9.78 Å². The van der Waals surface area contributed by atoms with E-state index in [2.05, 4.69) is 10.3 Å². The van der Waals surface area contributed by atoms with Crippen molar-refractivity contribution in [3.05, 3.63) is 77.4 Å². The van der Waals surface area contributed by atoms with Crippen molar-refractivity contribution in [1.82, 2.24) is 10.3 Å². The average molecular weight is 511 g/mol. The third kappa shape index (κ3) is 8.57.